The van der Waals surface area contributed by atoms with E-state index in [1.54, 1.807) is 0 Å². The molecule has 0 radical (unpaired) electrons. The van der Waals surface area contributed by atoms with E-state index in [0.717, 1.165) is 25.5 Å². The summed E-state index contributed by atoms with van der Waals surface area (Å²) in [4.78, 5) is 44.4. The van der Waals surface area contributed by atoms with E-state index in [4.69, 9.17) is 4.74 Å². The molecule has 2 unspecified atom stereocenters. The van der Waals surface area contributed by atoms with Gasteiger partial charge in [0.15, 0.2) is 0 Å². The third kappa shape index (κ3) is 3.18. The molecule has 2 aliphatic heterocycles. The number of ether oxygens (including phenoxy) is 1. The Kier molecular flexibility index (Phi) is 4.29. The molecule has 25 heavy (non-hydrogen) atoms. The van der Waals surface area contributed by atoms with Crippen molar-refractivity contribution >= 4 is 11.8 Å². The van der Waals surface area contributed by atoms with Crippen molar-refractivity contribution in [2.45, 2.75) is 25.3 Å². The van der Waals surface area contributed by atoms with Gasteiger partial charge in [0.2, 0.25) is 5.91 Å². The van der Waals surface area contributed by atoms with Crippen LogP contribution in [-0.2, 0) is 9.53 Å². The number of nitrogens with one attached hydrogen (secondary N) is 2. The molecule has 8 nitrogen and oxygen atoms in total. The molecule has 3 aliphatic rings. The number of piperidine rings is 1. The summed E-state index contributed by atoms with van der Waals surface area (Å²) < 4.78 is 5.33. The summed E-state index contributed by atoms with van der Waals surface area (Å²) in [7, 11) is 0. The molecule has 0 aromatic carbocycles. The smallest absolute Gasteiger partial charge is 0.271 e. The lowest BCUT2D eigenvalue weighted by Crippen LogP contribution is -2.55. The van der Waals surface area contributed by atoms with Gasteiger partial charge in [-0.1, -0.05) is 0 Å². The second-order valence-electron chi connectivity index (χ2n) is 7.20. The van der Waals surface area contributed by atoms with Crippen LogP contribution in [0.15, 0.2) is 17.2 Å². The number of aromatic nitrogens is 2. The molecule has 1 aliphatic carbocycles. The number of amides is 2. The lowest BCUT2D eigenvalue weighted by atomic mass is 9.91. The highest BCUT2D eigenvalue weighted by atomic mass is 16.5. The van der Waals surface area contributed by atoms with Gasteiger partial charge in [-0.25, -0.2) is 4.98 Å². The molecule has 4 rings (SSSR count). The van der Waals surface area contributed by atoms with Gasteiger partial charge in [-0.15, -0.1) is 0 Å². The highest BCUT2D eigenvalue weighted by molar-refractivity contribution is 5.92. The van der Waals surface area contributed by atoms with E-state index in [1.165, 1.54) is 6.20 Å². The van der Waals surface area contributed by atoms with Crippen LogP contribution in [0.4, 0.5) is 0 Å². The minimum Gasteiger partial charge on any atom is -0.381 e. The summed E-state index contributed by atoms with van der Waals surface area (Å²) in [5, 5.41) is 3.06. The van der Waals surface area contributed by atoms with E-state index >= 15 is 0 Å². The Bertz CT molecular complexity index is 693. The van der Waals surface area contributed by atoms with Gasteiger partial charge in [-0.3, -0.25) is 14.4 Å². The molecule has 2 N–H and O–H groups in total. The SMILES string of the molecule is O=C(NC1[C@@H]2CC[C@H]1CN(C(=O)C1CCOC1)C2)c1c[nH]c(=O)cn1. The Labute approximate surface area is 145 Å². The number of nitrogens with zero attached hydrogens (tertiary/aromatic N) is 2. The zero-order chi connectivity index (χ0) is 17.4. The van der Waals surface area contributed by atoms with Crippen LogP contribution in [-0.4, -0.2) is 59.0 Å². The van der Waals surface area contributed by atoms with Crippen molar-refractivity contribution in [1.29, 1.82) is 0 Å². The quantitative estimate of drug-likeness (QED) is 0.787. The number of likely N-dealkylation sites (tertiary alicyclic amines) is 1. The van der Waals surface area contributed by atoms with Crippen LogP contribution < -0.4 is 10.9 Å². The molecule has 3 heterocycles. The van der Waals surface area contributed by atoms with Gasteiger partial charge < -0.3 is 19.9 Å². The lowest BCUT2D eigenvalue weighted by molar-refractivity contribution is -0.138. The predicted octanol–water partition coefficient (Wildman–Crippen LogP) is -0.227. The Morgan fingerprint density at radius 3 is 2.60 bits per heavy atom. The van der Waals surface area contributed by atoms with Crippen molar-refractivity contribution in [1.82, 2.24) is 20.2 Å². The summed E-state index contributed by atoms with van der Waals surface area (Å²) in [6, 6.07) is 0.0603. The first-order valence-electron chi connectivity index (χ1n) is 8.84. The first-order chi connectivity index (χ1) is 12.1. The number of aromatic amines is 1. The molecule has 1 aromatic heterocycles. The maximum absolute atomic E-state index is 12.6. The summed E-state index contributed by atoms with van der Waals surface area (Å²) in [5.41, 5.74) is -0.125. The second-order valence-corrected chi connectivity index (χ2v) is 7.20. The monoisotopic (exact) mass is 346 g/mol. The highest BCUT2D eigenvalue weighted by Crippen LogP contribution is 2.37. The number of fused-ring (bicyclic) bond motifs is 2. The maximum atomic E-state index is 12.6. The summed E-state index contributed by atoms with van der Waals surface area (Å²) >= 11 is 0. The van der Waals surface area contributed by atoms with Crippen molar-refractivity contribution < 1.29 is 14.3 Å². The van der Waals surface area contributed by atoms with Gasteiger partial charge in [0.1, 0.15) is 5.69 Å². The van der Waals surface area contributed by atoms with Crippen molar-refractivity contribution in [2.75, 3.05) is 26.3 Å². The van der Waals surface area contributed by atoms with E-state index in [9.17, 15) is 14.4 Å². The number of carbonyl (C=O) groups is 2. The molecule has 2 amide bonds. The van der Waals surface area contributed by atoms with Crippen molar-refractivity contribution in [2.24, 2.45) is 17.8 Å². The van der Waals surface area contributed by atoms with Gasteiger partial charge in [0, 0.05) is 31.9 Å². The van der Waals surface area contributed by atoms with Crippen LogP contribution in [0.3, 0.4) is 0 Å². The zero-order valence-electron chi connectivity index (χ0n) is 13.9. The van der Waals surface area contributed by atoms with E-state index in [2.05, 4.69) is 15.3 Å². The molecule has 2 saturated heterocycles. The number of H-pyrrole nitrogens is 1. The van der Waals surface area contributed by atoms with Gasteiger partial charge >= 0.3 is 0 Å². The van der Waals surface area contributed by atoms with Crippen LogP contribution >= 0.6 is 0 Å². The fourth-order valence-electron chi connectivity index (χ4n) is 4.32. The molecular weight excluding hydrogens is 324 g/mol. The van der Waals surface area contributed by atoms with Crippen LogP contribution in [0, 0.1) is 17.8 Å². The average Bonchev–Trinajstić information content (AvgIpc) is 3.21. The minimum absolute atomic E-state index is 0.00381. The van der Waals surface area contributed by atoms with Crippen molar-refractivity contribution in [3.63, 3.8) is 0 Å². The number of rotatable bonds is 3. The molecule has 1 saturated carbocycles. The number of hydrogen-bond acceptors (Lipinski definition) is 5. The Morgan fingerprint density at radius 1 is 1.24 bits per heavy atom. The predicted molar refractivity (Wildman–Crippen MR) is 87.8 cm³/mol. The first-order valence-corrected chi connectivity index (χ1v) is 8.84. The Hall–Kier alpha value is -2.22. The number of carbonyl (C=O) groups excluding carboxylic acids is 2. The van der Waals surface area contributed by atoms with Crippen LogP contribution in [0.2, 0.25) is 0 Å². The van der Waals surface area contributed by atoms with Gasteiger partial charge in [-0.2, -0.15) is 0 Å². The summed E-state index contributed by atoms with van der Waals surface area (Å²) in [6.45, 7) is 2.58. The zero-order valence-corrected chi connectivity index (χ0v) is 13.9. The van der Waals surface area contributed by atoms with Gasteiger partial charge in [0.05, 0.1) is 18.7 Å². The molecule has 134 valence electrons. The molecule has 2 bridgehead atoms. The standard InChI is InChI=1S/C17H22N4O4/c22-14-6-18-13(5-19-14)16(23)20-15-10-1-2-11(15)8-21(7-10)17(24)12-3-4-25-9-12/h5-6,10-12,15H,1-4,7-9H2,(H,19,22)(H,20,23)/t10-,11+,12?,15?. The highest BCUT2D eigenvalue weighted by Gasteiger charge is 2.45. The average molecular weight is 346 g/mol. The van der Waals surface area contributed by atoms with Gasteiger partial charge in [0.25, 0.3) is 11.5 Å². The first kappa shape index (κ1) is 16.3. The molecule has 8 heteroatoms. The van der Waals surface area contributed by atoms with Crippen LogP contribution in [0.5, 0.6) is 0 Å². The number of hydrogen-bond donors (Lipinski definition) is 2. The second kappa shape index (κ2) is 6.59. The molecule has 1 aromatic rings. The molecule has 0 spiro atoms. The topological polar surface area (TPSA) is 104 Å². The van der Waals surface area contributed by atoms with Crippen molar-refractivity contribution in [3.05, 3.63) is 28.4 Å². The minimum atomic E-state index is -0.334. The normalized spacial score (nSPS) is 31.1. The lowest BCUT2D eigenvalue weighted by Gasteiger charge is -2.39. The van der Waals surface area contributed by atoms with E-state index in [-0.39, 0.29) is 46.9 Å². The third-order valence-electron chi connectivity index (χ3n) is 5.63. The maximum Gasteiger partial charge on any atom is 0.271 e. The van der Waals surface area contributed by atoms with Crippen LogP contribution in [0.25, 0.3) is 0 Å². The molecule has 4 atom stereocenters. The molecular formula is C17H22N4O4. The summed E-state index contributed by atoms with van der Waals surface area (Å²) in [5.74, 6) is 0.466. The van der Waals surface area contributed by atoms with E-state index in [0.29, 0.717) is 26.3 Å². The van der Waals surface area contributed by atoms with Crippen molar-refractivity contribution in [3.8, 4) is 0 Å². The summed E-state index contributed by atoms with van der Waals surface area (Å²) in [6.07, 6.45) is 5.27. The largest absolute Gasteiger partial charge is 0.381 e. The Morgan fingerprint density at radius 2 is 2.00 bits per heavy atom. The van der Waals surface area contributed by atoms with Crippen LogP contribution in [0.1, 0.15) is 29.8 Å². The van der Waals surface area contributed by atoms with E-state index < -0.39 is 0 Å². The third-order valence-corrected chi connectivity index (χ3v) is 5.63. The van der Waals surface area contributed by atoms with E-state index in [1.807, 2.05) is 4.90 Å². The fourth-order valence-corrected chi connectivity index (χ4v) is 4.32. The fraction of sp³-hybridized carbons (Fsp3) is 0.647. The van der Waals surface area contributed by atoms with Gasteiger partial charge in [-0.05, 0) is 31.1 Å². The Balaban J connectivity index is 1.40. The molecule has 3 fully saturated rings.